The summed E-state index contributed by atoms with van der Waals surface area (Å²) < 4.78 is 5.78. The van der Waals surface area contributed by atoms with Crippen molar-refractivity contribution < 1.29 is 9.53 Å². The Morgan fingerprint density at radius 2 is 2.30 bits per heavy atom. The van der Waals surface area contributed by atoms with Gasteiger partial charge in [0.2, 0.25) is 0 Å². The Balaban J connectivity index is 2.04. The number of benzene rings is 1. The fourth-order valence-electron chi connectivity index (χ4n) is 2.42. The highest BCUT2D eigenvalue weighted by Crippen LogP contribution is 2.25. The molecule has 2 rings (SSSR count). The number of amides is 1. The lowest BCUT2D eigenvalue weighted by atomic mass is 10.1. The van der Waals surface area contributed by atoms with E-state index in [0.717, 1.165) is 19.4 Å². The van der Waals surface area contributed by atoms with Crippen molar-refractivity contribution in [2.24, 2.45) is 5.73 Å². The lowest BCUT2D eigenvalue weighted by Crippen LogP contribution is -2.50. The highest BCUT2D eigenvalue weighted by Gasteiger charge is 2.28. The fourth-order valence-corrected chi connectivity index (χ4v) is 2.60. The summed E-state index contributed by atoms with van der Waals surface area (Å²) in [5.41, 5.74) is 5.93. The highest BCUT2D eigenvalue weighted by molar-refractivity contribution is 6.32. The average Bonchev–Trinajstić information content (AvgIpc) is 2.46. The summed E-state index contributed by atoms with van der Waals surface area (Å²) in [4.78, 5) is 14.3. The van der Waals surface area contributed by atoms with Gasteiger partial charge in [-0.2, -0.15) is 0 Å². The smallest absolute Gasteiger partial charge is 0.263 e. The summed E-state index contributed by atoms with van der Waals surface area (Å²) in [5, 5.41) is 0.522. The average molecular weight is 297 g/mol. The Bertz CT molecular complexity index is 467. The summed E-state index contributed by atoms with van der Waals surface area (Å²) in [5.74, 6) is 0.554. The summed E-state index contributed by atoms with van der Waals surface area (Å²) in [6.45, 7) is 3.30. The van der Waals surface area contributed by atoms with Crippen LogP contribution in [-0.4, -0.2) is 36.0 Å². The van der Waals surface area contributed by atoms with Gasteiger partial charge in [0.15, 0.2) is 6.10 Å². The molecule has 5 heteroatoms. The molecule has 1 amide bonds. The summed E-state index contributed by atoms with van der Waals surface area (Å²) in [7, 11) is 0. The molecule has 0 aromatic heterocycles. The number of hydrogen-bond donors (Lipinski definition) is 1. The van der Waals surface area contributed by atoms with Gasteiger partial charge in [0.1, 0.15) is 5.75 Å². The van der Waals surface area contributed by atoms with Crippen molar-refractivity contribution in [2.45, 2.75) is 38.3 Å². The van der Waals surface area contributed by atoms with E-state index in [-0.39, 0.29) is 11.9 Å². The molecule has 2 unspecified atom stereocenters. The van der Waals surface area contributed by atoms with Crippen molar-refractivity contribution in [3.63, 3.8) is 0 Å². The number of ether oxygens (including phenoxy) is 1. The lowest BCUT2D eigenvalue weighted by Gasteiger charge is -2.33. The van der Waals surface area contributed by atoms with Crippen LogP contribution in [0.2, 0.25) is 5.02 Å². The maximum Gasteiger partial charge on any atom is 0.263 e. The van der Waals surface area contributed by atoms with E-state index in [9.17, 15) is 4.79 Å². The first-order valence-corrected chi connectivity index (χ1v) is 7.45. The number of para-hydroxylation sites is 1. The van der Waals surface area contributed by atoms with E-state index in [1.165, 1.54) is 0 Å². The van der Waals surface area contributed by atoms with Crippen molar-refractivity contribution in [3.05, 3.63) is 29.3 Å². The molecule has 0 aliphatic carbocycles. The van der Waals surface area contributed by atoms with Gasteiger partial charge in [-0.25, -0.2) is 0 Å². The minimum Gasteiger partial charge on any atom is -0.479 e. The number of piperidine rings is 1. The Morgan fingerprint density at radius 1 is 1.55 bits per heavy atom. The fraction of sp³-hybridized carbons (Fsp3) is 0.533. The molecule has 2 N–H and O–H groups in total. The quantitative estimate of drug-likeness (QED) is 0.928. The molecule has 1 aliphatic rings. The predicted octanol–water partition coefficient (Wildman–Crippen LogP) is 2.45. The number of rotatable bonds is 4. The van der Waals surface area contributed by atoms with Gasteiger partial charge in [0.05, 0.1) is 5.02 Å². The van der Waals surface area contributed by atoms with Crippen molar-refractivity contribution in [1.82, 2.24) is 4.90 Å². The van der Waals surface area contributed by atoms with Crippen LogP contribution in [0.25, 0.3) is 0 Å². The van der Waals surface area contributed by atoms with Crippen LogP contribution in [0.15, 0.2) is 24.3 Å². The summed E-state index contributed by atoms with van der Waals surface area (Å²) in [6.07, 6.45) is 2.04. The molecular weight excluding hydrogens is 276 g/mol. The van der Waals surface area contributed by atoms with Gasteiger partial charge >= 0.3 is 0 Å². The van der Waals surface area contributed by atoms with Crippen LogP contribution in [0.1, 0.15) is 26.2 Å². The molecule has 2 atom stereocenters. The van der Waals surface area contributed by atoms with Gasteiger partial charge in [0, 0.05) is 19.1 Å². The van der Waals surface area contributed by atoms with Crippen LogP contribution in [0.5, 0.6) is 5.75 Å². The van der Waals surface area contributed by atoms with Crippen LogP contribution >= 0.6 is 11.6 Å². The van der Waals surface area contributed by atoms with Gasteiger partial charge in [-0.3, -0.25) is 4.79 Å². The molecule has 4 nitrogen and oxygen atoms in total. The maximum absolute atomic E-state index is 12.5. The van der Waals surface area contributed by atoms with E-state index in [1.807, 2.05) is 19.1 Å². The number of likely N-dealkylation sites (tertiary alicyclic amines) is 1. The molecule has 1 saturated heterocycles. The minimum absolute atomic E-state index is 0.00238. The summed E-state index contributed by atoms with van der Waals surface area (Å²) in [6, 6.07) is 7.28. The molecule has 0 radical (unpaired) electrons. The van der Waals surface area contributed by atoms with Gasteiger partial charge < -0.3 is 15.4 Å². The van der Waals surface area contributed by atoms with E-state index >= 15 is 0 Å². The maximum atomic E-state index is 12.5. The van der Waals surface area contributed by atoms with Crippen molar-refractivity contribution in [2.75, 3.05) is 13.1 Å². The van der Waals surface area contributed by atoms with Crippen LogP contribution in [0.3, 0.4) is 0 Å². The number of carbonyl (C=O) groups is 1. The molecule has 0 bridgehead atoms. The van der Waals surface area contributed by atoms with Crippen LogP contribution in [0.4, 0.5) is 0 Å². The molecule has 0 spiro atoms. The Kier molecular flexibility index (Phi) is 5.26. The van der Waals surface area contributed by atoms with Crippen LogP contribution < -0.4 is 10.5 Å². The van der Waals surface area contributed by atoms with Gasteiger partial charge in [-0.05, 0) is 31.4 Å². The first kappa shape index (κ1) is 15.1. The molecular formula is C15H21ClN2O2. The molecule has 1 aromatic rings. The molecule has 1 aliphatic heterocycles. The number of nitrogens with zero attached hydrogens (tertiary/aromatic N) is 1. The van der Waals surface area contributed by atoms with Crippen LogP contribution in [0, 0.1) is 0 Å². The molecule has 110 valence electrons. The zero-order valence-electron chi connectivity index (χ0n) is 11.7. The SMILES string of the molecule is CCC(Oc1ccccc1Cl)C(=O)N1CCCC(N)C1. The third kappa shape index (κ3) is 3.64. The Hall–Kier alpha value is -1.26. The molecule has 1 heterocycles. The first-order chi connectivity index (χ1) is 9.61. The second-order valence-electron chi connectivity index (χ2n) is 5.13. The summed E-state index contributed by atoms with van der Waals surface area (Å²) >= 11 is 6.07. The van der Waals surface area contributed by atoms with Crippen molar-refractivity contribution in [3.8, 4) is 5.75 Å². The number of nitrogens with two attached hydrogens (primary N) is 1. The number of halogens is 1. The standard InChI is InChI=1S/C15H21ClN2O2/c1-2-13(20-14-8-4-3-7-12(14)16)15(19)18-9-5-6-11(17)10-18/h3-4,7-8,11,13H,2,5-6,9-10,17H2,1H3. The molecule has 1 aromatic carbocycles. The second kappa shape index (κ2) is 6.95. The van der Waals surface area contributed by atoms with E-state index in [0.29, 0.717) is 23.7 Å². The second-order valence-corrected chi connectivity index (χ2v) is 5.54. The third-order valence-electron chi connectivity index (χ3n) is 3.52. The topological polar surface area (TPSA) is 55.6 Å². The molecule has 0 saturated carbocycles. The predicted molar refractivity (Wildman–Crippen MR) is 79.9 cm³/mol. The van der Waals surface area contributed by atoms with E-state index < -0.39 is 6.10 Å². The first-order valence-electron chi connectivity index (χ1n) is 7.07. The van der Waals surface area contributed by atoms with E-state index in [4.69, 9.17) is 22.1 Å². The molecule has 20 heavy (non-hydrogen) atoms. The van der Waals surface area contributed by atoms with Crippen molar-refractivity contribution in [1.29, 1.82) is 0 Å². The monoisotopic (exact) mass is 296 g/mol. The van der Waals surface area contributed by atoms with Gasteiger partial charge in [-0.15, -0.1) is 0 Å². The number of carbonyl (C=O) groups excluding carboxylic acids is 1. The van der Waals surface area contributed by atoms with Crippen molar-refractivity contribution >= 4 is 17.5 Å². The van der Waals surface area contributed by atoms with E-state index in [2.05, 4.69) is 0 Å². The van der Waals surface area contributed by atoms with Gasteiger partial charge in [0.25, 0.3) is 5.91 Å². The Labute approximate surface area is 124 Å². The van der Waals surface area contributed by atoms with Crippen LogP contribution in [-0.2, 0) is 4.79 Å². The van der Waals surface area contributed by atoms with Gasteiger partial charge in [-0.1, -0.05) is 30.7 Å². The normalized spacial score (nSPS) is 20.6. The molecule has 1 fully saturated rings. The minimum atomic E-state index is -0.500. The van der Waals surface area contributed by atoms with E-state index in [1.54, 1.807) is 17.0 Å². The zero-order chi connectivity index (χ0) is 14.5. The largest absolute Gasteiger partial charge is 0.479 e. The lowest BCUT2D eigenvalue weighted by molar-refractivity contribution is -0.140. The zero-order valence-corrected chi connectivity index (χ0v) is 12.5. The third-order valence-corrected chi connectivity index (χ3v) is 3.83. The Morgan fingerprint density at radius 3 is 2.95 bits per heavy atom. The highest BCUT2D eigenvalue weighted by atomic mass is 35.5. The number of hydrogen-bond acceptors (Lipinski definition) is 3.